The molecule has 3 N–H and O–H groups in total. The maximum Gasteiger partial charge on any atom is 1.00 e. The van der Waals surface area contributed by atoms with E-state index in [0.29, 0.717) is 12.1 Å². The van der Waals surface area contributed by atoms with Gasteiger partial charge in [-0.25, -0.2) is 9.59 Å². The molecule has 0 aromatic heterocycles. The molecule has 9 heteroatoms. The number of aromatic carboxylic acids is 2. The molecule has 7 nitrogen and oxygen atoms in total. The fourth-order valence-electron chi connectivity index (χ4n) is 0.995. The monoisotopic (exact) mass is 340 g/mol. The molecule has 0 heterocycles. The number of carbonyl (C=O) groups is 2. The quantitative estimate of drug-likeness (QED) is 0.373. The van der Waals surface area contributed by atoms with Crippen LogP contribution in [0, 0.1) is 12.3 Å². The summed E-state index contributed by atoms with van der Waals surface area (Å²) in [4.78, 5) is 20.4. The smallest absolute Gasteiger partial charge is 0.478 e. The molecule has 0 bridgehead atoms. The Labute approximate surface area is 151 Å². The van der Waals surface area contributed by atoms with E-state index in [1.807, 2.05) is 0 Å². The average Bonchev–Trinajstić information content (AvgIpc) is 2.24. The third-order valence-corrected chi connectivity index (χ3v) is 2.53. The van der Waals surface area contributed by atoms with Crippen LogP contribution in [0.15, 0.2) is 23.1 Å². The minimum absolute atomic E-state index is 0. The molecule has 0 aliphatic heterocycles. The summed E-state index contributed by atoms with van der Waals surface area (Å²) in [5.74, 6) is -2.99. The van der Waals surface area contributed by atoms with Gasteiger partial charge in [0.15, 0.2) is 0 Å². The molecule has 0 fully saturated rings. The molecular formula is C13H17NaO7S. The Bertz CT molecular complexity index is 607. The van der Waals surface area contributed by atoms with Crippen molar-refractivity contribution in [3.05, 3.63) is 36.2 Å². The van der Waals surface area contributed by atoms with E-state index in [1.165, 1.54) is 0 Å². The third-order valence-electron chi connectivity index (χ3n) is 1.70. The summed E-state index contributed by atoms with van der Waals surface area (Å²) in [6, 6.07) is 2.13. The molecule has 0 aliphatic carbocycles. The van der Waals surface area contributed by atoms with Crippen molar-refractivity contribution in [2.24, 2.45) is 5.41 Å². The SMILES string of the molecule is O=C(O)c1cc(C(=O)O)cc(S(=O)(=O)O)c1.[CH2-]C(C)(C)C.[Na+]. The van der Waals surface area contributed by atoms with Gasteiger partial charge in [-0.15, -0.1) is 0 Å². The Kier molecular flexibility index (Phi) is 9.16. The van der Waals surface area contributed by atoms with Crippen LogP contribution >= 0.6 is 0 Å². The summed E-state index contributed by atoms with van der Waals surface area (Å²) in [5, 5.41) is 17.2. The van der Waals surface area contributed by atoms with E-state index >= 15 is 0 Å². The van der Waals surface area contributed by atoms with Crippen LogP contribution in [0.25, 0.3) is 0 Å². The molecule has 0 radical (unpaired) electrons. The predicted octanol–water partition coefficient (Wildman–Crippen LogP) is -0.800. The van der Waals surface area contributed by atoms with Crippen molar-refractivity contribution >= 4 is 22.1 Å². The molecule has 0 saturated carbocycles. The van der Waals surface area contributed by atoms with Gasteiger partial charge in [0.1, 0.15) is 0 Å². The Hall–Kier alpha value is -0.930. The van der Waals surface area contributed by atoms with Crippen LogP contribution in [0.4, 0.5) is 0 Å². The van der Waals surface area contributed by atoms with E-state index in [2.05, 4.69) is 27.7 Å². The summed E-state index contributed by atoms with van der Waals surface area (Å²) < 4.78 is 30.2. The van der Waals surface area contributed by atoms with Gasteiger partial charge in [0.05, 0.1) is 16.0 Å². The summed E-state index contributed by atoms with van der Waals surface area (Å²) in [6.07, 6.45) is 0. The number of carboxylic acids is 2. The van der Waals surface area contributed by atoms with Crippen LogP contribution in [-0.4, -0.2) is 35.1 Å². The fourth-order valence-corrected chi connectivity index (χ4v) is 1.55. The van der Waals surface area contributed by atoms with E-state index in [1.54, 1.807) is 0 Å². The fraction of sp³-hybridized carbons (Fsp3) is 0.308. The molecule has 1 aromatic rings. The van der Waals surface area contributed by atoms with Gasteiger partial charge in [0, 0.05) is 0 Å². The van der Waals surface area contributed by atoms with Crippen LogP contribution in [0.5, 0.6) is 0 Å². The number of carboxylic acid groups (broad SMARTS) is 2. The predicted molar refractivity (Wildman–Crippen MR) is 75.0 cm³/mol. The molecule has 0 atom stereocenters. The Morgan fingerprint density at radius 2 is 1.27 bits per heavy atom. The molecule has 118 valence electrons. The maximum absolute atomic E-state index is 10.8. The zero-order valence-electron chi connectivity index (χ0n) is 12.8. The van der Waals surface area contributed by atoms with Crippen LogP contribution in [-0.2, 0) is 10.1 Å². The average molecular weight is 340 g/mol. The van der Waals surface area contributed by atoms with Crippen molar-refractivity contribution in [3.8, 4) is 0 Å². The van der Waals surface area contributed by atoms with Gasteiger partial charge in [0.25, 0.3) is 10.1 Å². The van der Waals surface area contributed by atoms with Crippen molar-refractivity contribution in [3.63, 3.8) is 0 Å². The van der Waals surface area contributed by atoms with E-state index in [-0.39, 0.29) is 35.0 Å². The Morgan fingerprint density at radius 3 is 1.45 bits per heavy atom. The first kappa shape index (κ1) is 23.3. The summed E-state index contributed by atoms with van der Waals surface area (Å²) in [6.45, 7) is 10.0. The first-order valence-electron chi connectivity index (χ1n) is 5.66. The summed E-state index contributed by atoms with van der Waals surface area (Å²) in [5.41, 5.74) is -0.819. The van der Waals surface area contributed by atoms with Gasteiger partial charge in [-0.2, -0.15) is 13.8 Å². The van der Waals surface area contributed by atoms with E-state index in [4.69, 9.17) is 14.8 Å². The van der Waals surface area contributed by atoms with Gasteiger partial charge in [-0.05, 0) is 18.2 Å². The number of rotatable bonds is 3. The molecule has 0 aliphatic rings. The van der Waals surface area contributed by atoms with Crippen LogP contribution in [0.2, 0.25) is 0 Å². The third kappa shape index (κ3) is 9.91. The van der Waals surface area contributed by atoms with Gasteiger partial charge >= 0.3 is 41.5 Å². The summed E-state index contributed by atoms with van der Waals surface area (Å²) in [7, 11) is -4.64. The number of hydrogen-bond acceptors (Lipinski definition) is 4. The molecule has 1 aromatic carbocycles. The second-order valence-electron chi connectivity index (χ2n) is 5.39. The van der Waals surface area contributed by atoms with Gasteiger partial charge < -0.3 is 17.1 Å². The zero-order chi connectivity index (χ0) is 17.0. The van der Waals surface area contributed by atoms with E-state index in [9.17, 15) is 18.0 Å². The second kappa shape index (κ2) is 8.64. The van der Waals surface area contributed by atoms with Crippen molar-refractivity contribution < 1.29 is 62.3 Å². The standard InChI is InChI=1S/C8H6O7S.C5H11.Na/c9-7(10)4-1-5(8(11)12)3-6(2-4)16(13,14)15;1-5(2,3)4;/h1-3H,(H,9,10)(H,11,12)(H,13,14,15);1H2,2-4H3;/q;-1;+1. The van der Waals surface area contributed by atoms with Gasteiger partial charge in [0.2, 0.25) is 0 Å². The first-order valence-corrected chi connectivity index (χ1v) is 7.10. The minimum Gasteiger partial charge on any atom is -0.478 e. The second-order valence-corrected chi connectivity index (χ2v) is 6.81. The normalized spacial score (nSPS) is 10.8. The van der Waals surface area contributed by atoms with Crippen LogP contribution in [0.3, 0.4) is 0 Å². The molecule has 1 rings (SSSR count). The molecule has 0 unspecified atom stereocenters. The van der Waals surface area contributed by atoms with E-state index < -0.39 is 38.1 Å². The molecule has 22 heavy (non-hydrogen) atoms. The molecule has 0 saturated heterocycles. The summed E-state index contributed by atoms with van der Waals surface area (Å²) >= 11 is 0. The topological polar surface area (TPSA) is 129 Å². The van der Waals surface area contributed by atoms with Gasteiger partial charge in [-0.1, -0.05) is 20.8 Å². The minimum atomic E-state index is -4.64. The van der Waals surface area contributed by atoms with Crippen LogP contribution in [0.1, 0.15) is 41.5 Å². The van der Waals surface area contributed by atoms with Gasteiger partial charge in [-0.3, -0.25) is 4.55 Å². The van der Waals surface area contributed by atoms with Crippen molar-refractivity contribution in [1.82, 2.24) is 0 Å². The number of hydrogen-bond donors (Lipinski definition) is 3. The van der Waals surface area contributed by atoms with E-state index in [0.717, 1.165) is 6.07 Å². The zero-order valence-corrected chi connectivity index (χ0v) is 15.6. The Morgan fingerprint density at radius 1 is 1.00 bits per heavy atom. The molecule has 0 spiro atoms. The molecular weight excluding hydrogens is 323 g/mol. The van der Waals surface area contributed by atoms with Crippen molar-refractivity contribution in [2.75, 3.05) is 0 Å². The van der Waals surface area contributed by atoms with Crippen molar-refractivity contribution in [2.45, 2.75) is 25.7 Å². The largest absolute Gasteiger partial charge is 1.00 e. The Balaban J connectivity index is 0. The maximum atomic E-state index is 10.8. The first-order chi connectivity index (χ1) is 9.21. The number of benzene rings is 1. The van der Waals surface area contributed by atoms with Crippen molar-refractivity contribution in [1.29, 1.82) is 0 Å². The van der Waals surface area contributed by atoms with Crippen LogP contribution < -0.4 is 29.6 Å². The molecule has 0 amide bonds.